The van der Waals surface area contributed by atoms with Crippen LogP contribution in [0.1, 0.15) is 10.4 Å². The van der Waals surface area contributed by atoms with Crippen LogP contribution >= 0.6 is 11.6 Å². The third kappa shape index (κ3) is 6.29. The van der Waals surface area contributed by atoms with Gasteiger partial charge in [0.2, 0.25) is 0 Å². The summed E-state index contributed by atoms with van der Waals surface area (Å²) in [4.78, 5) is 23.4. The van der Waals surface area contributed by atoms with Crippen LogP contribution in [0.25, 0.3) is 0 Å². The average Bonchev–Trinajstić information content (AvgIpc) is 2.59. The smallest absolute Gasteiger partial charge is 0.405 e. The first-order valence-electron chi connectivity index (χ1n) is 7.37. The van der Waals surface area contributed by atoms with Gasteiger partial charge in [-0.1, -0.05) is 23.7 Å². The first kappa shape index (κ1) is 19.6. The highest BCUT2D eigenvalue weighted by molar-refractivity contribution is 6.32. The van der Waals surface area contributed by atoms with Gasteiger partial charge in [0.05, 0.1) is 5.02 Å². The molecule has 0 saturated carbocycles. The molecular weight excluding hydrogens is 373 g/mol. The van der Waals surface area contributed by atoms with Crippen LogP contribution in [-0.4, -0.2) is 31.1 Å². The number of alkyl halides is 3. The molecule has 0 atom stereocenters. The number of benzene rings is 2. The zero-order valence-electron chi connectivity index (χ0n) is 13.3. The number of anilines is 1. The molecule has 5 nitrogen and oxygen atoms in total. The summed E-state index contributed by atoms with van der Waals surface area (Å²) in [5, 5.41) is 4.66. The largest absolute Gasteiger partial charge is 0.482 e. The van der Waals surface area contributed by atoms with Crippen LogP contribution < -0.4 is 15.4 Å². The van der Waals surface area contributed by atoms with Crippen molar-refractivity contribution in [2.45, 2.75) is 6.18 Å². The maximum absolute atomic E-state index is 12.1. The van der Waals surface area contributed by atoms with Crippen molar-refractivity contribution in [1.29, 1.82) is 0 Å². The molecule has 0 heterocycles. The van der Waals surface area contributed by atoms with Crippen molar-refractivity contribution in [2.24, 2.45) is 0 Å². The molecule has 2 amide bonds. The van der Waals surface area contributed by atoms with E-state index in [0.717, 1.165) is 0 Å². The minimum atomic E-state index is -4.48. The third-order valence-electron chi connectivity index (χ3n) is 3.08. The lowest BCUT2D eigenvalue weighted by Crippen LogP contribution is -2.33. The zero-order valence-corrected chi connectivity index (χ0v) is 14.0. The summed E-state index contributed by atoms with van der Waals surface area (Å²) >= 11 is 5.90. The first-order chi connectivity index (χ1) is 12.2. The highest BCUT2D eigenvalue weighted by Crippen LogP contribution is 2.23. The van der Waals surface area contributed by atoms with Crippen LogP contribution in [0.3, 0.4) is 0 Å². The Morgan fingerprint density at radius 1 is 1.04 bits per heavy atom. The van der Waals surface area contributed by atoms with E-state index in [1.807, 2.05) is 0 Å². The molecule has 0 aliphatic rings. The van der Waals surface area contributed by atoms with E-state index >= 15 is 0 Å². The first-order valence-corrected chi connectivity index (χ1v) is 7.74. The van der Waals surface area contributed by atoms with Gasteiger partial charge in [0.15, 0.2) is 6.61 Å². The molecule has 26 heavy (non-hydrogen) atoms. The number of para-hydroxylation sites is 1. The Balaban J connectivity index is 1.85. The summed E-state index contributed by atoms with van der Waals surface area (Å²) in [6.45, 7) is -1.69. The van der Waals surface area contributed by atoms with Gasteiger partial charge in [-0.2, -0.15) is 13.2 Å². The van der Waals surface area contributed by atoms with Crippen molar-refractivity contribution in [2.75, 3.05) is 18.5 Å². The Hall–Kier alpha value is -2.74. The van der Waals surface area contributed by atoms with Gasteiger partial charge in [0.25, 0.3) is 11.8 Å². The topological polar surface area (TPSA) is 67.4 Å². The fourth-order valence-electron chi connectivity index (χ4n) is 1.89. The lowest BCUT2D eigenvalue weighted by Gasteiger charge is -2.10. The van der Waals surface area contributed by atoms with E-state index in [0.29, 0.717) is 16.5 Å². The summed E-state index contributed by atoms with van der Waals surface area (Å²) in [5.74, 6) is -0.956. The molecule has 0 aromatic heterocycles. The quantitative estimate of drug-likeness (QED) is 0.796. The SMILES string of the molecule is O=C(COc1ccccc1Cl)Nc1ccc(C(=O)NCC(F)(F)F)cc1. The molecule has 0 bridgehead atoms. The number of hydrogen-bond acceptors (Lipinski definition) is 3. The monoisotopic (exact) mass is 386 g/mol. The van der Waals surface area contributed by atoms with Gasteiger partial charge >= 0.3 is 6.18 Å². The van der Waals surface area contributed by atoms with Gasteiger partial charge in [-0.3, -0.25) is 9.59 Å². The van der Waals surface area contributed by atoms with Crippen LogP contribution in [0, 0.1) is 0 Å². The maximum Gasteiger partial charge on any atom is 0.405 e. The Morgan fingerprint density at radius 3 is 2.31 bits per heavy atom. The molecule has 0 radical (unpaired) electrons. The lowest BCUT2D eigenvalue weighted by atomic mass is 10.2. The average molecular weight is 387 g/mol. The Labute approximate surface area is 152 Å². The van der Waals surface area contributed by atoms with Crippen molar-refractivity contribution in [1.82, 2.24) is 5.32 Å². The van der Waals surface area contributed by atoms with Crippen LogP contribution in [-0.2, 0) is 4.79 Å². The van der Waals surface area contributed by atoms with E-state index < -0.39 is 24.5 Å². The second-order valence-corrected chi connectivity index (χ2v) is 5.55. The third-order valence-corrected chi connectivity index (χ3v) is 3.39. The molecule has 0 aliphatic heterocycles. The molecular formula is C17H14ClF3N2O3. The van der Waals surface area contributed by atoms with E-state index in [1.54, 1.807) is 29.6 Å². The molecule has 2 aromatic carbocycles. The van der Waals surface area contributed by atoms with Crippen LogP contribution in [0.15, 0.2) is 48.5 Å². The van der Waals surface area contributed by atoms with E-state index in [9.17, 15) is 22.8 Å². The summed E-state index contributed by atoms with van der Waals surface area (Å²) in [5.41, 5.74) is 0.407. The van der Waals surface area contributed by atoms with E-state index in [1.165, 1.54) is 24.3 Å². The Bertz CT molecular complexity index is 780. The van der Waals surface area contributed by atoms with Crippen LogP contribution in [0.4, 0.5) is 18.9 Å². The molecule has 0 unspecified atom stereocenters. The highest BCUT2D eigenvalue weighted by Gasteiger charge is 2.27. The molecule has 9 heteroatoms. The highest BCUT2D eigenvalue weighted by atomic mass is 35.5. The minimum Gasteiger partial charge on any atom is -0.482 e. The molecule has 2 N–H and O–H groups in total. The van der Waals surface area contributed by atoms with E-state index in [-0.39, 0.29) is 12.2 Å². The molecule has 2 rings (SSSR count). The van der Waals surface area contributed by atoms with Gasteiger partial charge in [-0.05, 0) is 36.4 Å². The van der Waals surface area contributed by atoms with E-state index in [2.05, 4.69) is 5.32 Å². The second kappa shape index (κ2) is 8.57. The summed E-state index contributed by atoms with van der Waals surface area (Å²) in [6, 6.07) is 12.1. The van der Waals surface area contributed by atoms with Crippen LogP contribution in [0.2, 0.25) is 5.02 Å². The predicted molar refractivity (Wildman–Crippen MR) is 90.4 cm³/mol. The standard InChI is InChI=1S/C17H14ClF3N2O3/c18-13-3-1-2-4-14(13)26-9-15(24)23-12-7-5-11(6-8-12)16(25)22-10-17(19,20)21/h1-8H,9-10H2,(H,22,25)(H,23,24). The normalized spacial score (nSPS) is 10.9. The number of ether oxygens (including phenoxy) is 1. The molecule has 0 saturated heterocycles. The Morgan fingerprint density at radius 2 is 1.69 bits per heavy atom. The number of rotatable bonds is 6. The van der Waals surface area contributed by atoms with Gasteiger partial charge < -0.3 is 15.4 Å². The van der Waals surface area contributed by atoms with E-state index in [4.69, 9.17) is 16.3 Å². The molecule has 0 spiro atoms. The fourth-order valence-corrected chi connectivity index (χ4v) is 2.08. The van der Waals surface area contributed by atoms with Gasteiger partial charge in [-0.25, -0.2) is 0 Å². The van der Waals surface area contributed by atoms with Crippen molar-refractivity contribution >= 4 is 29.1 Å². The van der Waals surface area contributed by atoms with Crippen molar-refractivity contribution in [3.63, 3.8) is 0 Å². The fraction of sp³-hybridized carbons (Fsp3) is 0.176. The predicted octanol–water partition coefficient (Wildman–Crippen LogP) is 3.65. The molecule has 2 aromatic rings. The molecule has 0 aliphatic carbocycles. The summed E-state index contributed by atoms with van der Waals surface area (Å²) < 4.78 is 41.5. The number of carbonyl (C=O) groups excluding carboxylic acids is 2. The molecule has 138 valence electrons. The number of hydrogen-bond donors (Lipinski definition) is 2. The van der Waals surface area contributed by atoms with Crippen molar-refractivity contribution < 1.29 is 27.5 Å². The minimum absolute atomic E-state index is 0.0413. The zero-order chi connectivity index (χ0) is 19.2. The summed E-state index contributed by atoms with van der Waals surface area (Å²) in [7, 11) is 0. The maximum atomic E-state index is 12.1. The molecule has 0 fully saturated rings. The lowest BCUT2D eigenvalue weighted by molar-refractivity contribution is -0.123. The summed E-state index contributed by atoms with van der Waals surface area (Å²) in [6.07, 6.45) is -4.48. The Kier molecular flexibility index (Phi) is 6.46. The van der Waals surface area contributed by atoms with Crippen LogP contribution in [0.5, 0.6) is 5.75 Å². The number of amides is 2. The number of nitrogens with one attached hydrogen (secondary N) is 2. The number of halogens is 4. The van der Waals surface area contributed by atoms with Crippen molar-refractivity contribution in [3.05, 3.63) is 59.1 Å². The van der Waals surface area contributed by atoms with Gasteiger partial charge in [0, 0.05) is 11.3 Å². The second-order valence-electron chi connectivity index (χ2n) is 5.14. The van der Waals surface area contributed by atoms with Gasteiger partial charge in [-0.15, -0.1) is 0 Å². The van der Waals surface area contributed by atoms with Crippen molar-refractivity contribution in [3.8, 4) is 5.75 Å². The van der Waals surface area contributed by atoms with Gasteiger partial charge in [0.1, 0.15) is 12.3 Å². The number of carbonyl (C=O) groups is 2.